The molecule has 0 fully saturated rings. The van der Waals surface area contributed by atoms with Gasteiger partial charge in [-0.2, -0.15) is 5.26 Å². The molecule has 190 valence electrons. The van der Waals surface area contributed by atoms with E-state index in [4.69, 9.17) is 10.5 Å². The molecule has 0 aromatic heterocycles. The molecule has 0 aliphatic carbocycles. The SMILES string of the molecule is CC(C)(N)[C@H](O)c1cc(CCCOc2ccc(-c3cccc(C=O)c3)cc2C#N)cc2ccccc12.Cl. The van der Waals surface area contributed by atoms with E-state index in [-0.39, 0.29) is 12.4 Å². The number of fused-ring (bicyclic) bond motifs is 1. The summed E-state index contributed by atoms with van der Waals surface area (Å²) >= 11 is 0. The number of aliphatic hydroxyl groups is 1. The van der Waals surface area contributed by atoms with Crippen LogP contribution in [0.25, 0.3) is 21.9 Å². The van der Waals surface area contributed by atoms with Gasteiger partial charge in [-0.15, -0.1) is 12.4 Å². The van der Waals surface area contributed by atoms with Gasteiger partial charge in [0.15, 0.2) is 0 Å². The zero-order valence-electron chi connectivity index (χ0n) is 21.0. The van der Waals surface area contributed by atoms with Crippen LogP contribution >= 0.6 is 12.4 Å². The molecule has 6 heteroatoms. The number of aryl methyl sites for hydroxylation is 1. The highest BCUT2D eigenvalue weighted by Gasteiger charge is 2.26. The summed E-state index contributed by atoms with van der Waals surface area (Å²) in [6.45, 7) is 4.09. The monoisotopic (exact) mass is 514 g/mol. The van der Waals surface area contributed by atoms with E-state index < -0.39 is 11.6 Å². The molecule has 37 heavy (non-hydrogen) atoms. The summed E-state index contributed by atoms with van der Waals surface area (Å²) in [4.78, 5) is 11.1. The molecule has 0 unspecified atom stereocenters. The molecule has 0 saturated carbocycles. The molecule has 3 N–H and O–H groups in total. The summed E-state index contributed by atoms with van der Waals surface area (Å²) in [5, 5.41) is 22.6. The van der Waals surface area contributed by atoms with Gasteiger partial charge >= 0.3 is 0 Å². The quantitative estimate of drug-likeness (QED) is 0.199. The Bertz CT molecular complexity index is 1440. The Balaban J connectivity index is 0.00000380. The molecule has 0 bridgehead atoms. The van der Waals surface area contributed by atoms with Crippen molar-refractivity contribution >= 4 is 29.5 Å². The third-order valence-corrected chi connectivity index (χ3v) is 6.28. The van der Waals surface area contributed by atoms with Crippen LogP contribution in [-0.4, -0.2) is 23.5 Å². The Kier molecular flexibility index (Phi) is 9.07. The van der Waals surface area contributed by atoms with E-state index in [9.17, 15) is 15.2 Å². The number of nitriles is 1. The largest absolute Gasteiger partial charge is 0.492 e. The highest BCUT2D eigenvalue weighted by atomic mass is 35.5. The fourth-order valence-electron chi connectivity index (χ4n) is 4.35. The second kappa shape index (κ2) is 12.0. The van der Waals surface area contributed by atoms with Gasteiger partial charge in [-0.1, -0.05) is 60.7 Å². The van der Waals surface area contributed by atoms with Crippen molar-refractivity contribution in [3.05, 3.63) is 101 Å². The zero-order valence-corrected chi connectivity index (χ0v) is 21.8. The second-order valence-electron chi connectivity index (χ2n) is 9.65. The van der Waals surface area contributed by atoms with Crippen LogP contribution in [0.2, 0.25) is 0 Å². The molecule has 0 radical (unpaired) electrons. The van der Waals surface area contributed by atoms with Crippen LogP contribution in [0.15, 0.2) is 78.9 Å². The lowest BCUT2D eigenvalue weighted by Crippen LogP contribution is -2.39. The van der Waals surface area contributed by atoms with Gasteiger partial charge in [-0.05, 0) is 77.9 Å². The summed E-state index contributed by atoms with van der Waals surface area (Å²) in [6.07, 6.45) is 1.52. The molecule has 4 aromatic carbocycles. The van der Waals surface area contributed by atoms with Crippen molar-refractivity contribution in [1.29, 1.82) is 5.26 Å². The van der Waals surface area contributed by atoms with E-state index in [2.05, 4.69) is 12.1 Å². The average molecular weight is 515 g/mol. The minimum absolute atomic E-state index is 0. The van der Waals surface area contributed by atoms with Crippen molar-refractivity contribution in [3.63, 3.8) is 0 Å². The first-order valence-corrected chi connectivity index (χ1v) is 12.0. The molecule has 5 nitrogen and oxygen atoms in total. The van der Waals surface area contributed by atoms with Gasteiger partial charge in [0.25, 0.3) is 0 Å². The van der Waals surface area contributed by atoms with Gasteiger partial charge in [-0.3, -0.25) is 4.79 Å². The molecule has 0 spiro atoms. The summed E-state index contributed by atoms with van der Waals surface area (Å²) in [6, 6.07) is 27.1. The lowest BCUT2D eigenvalue weighted by Gasteiger charge is -2.27. The van der Waals surface area contributed by atoms with Gasteiger partial charge in [0.1, 0.15) is 18.1 Å². The molecule has 0 aliphatic rings. The van der Waals surface area contributed by atoms with E-state index in [1.54, 1.807) is 24.3 Å². The molecule has 0 heterocycles. The molecule has 1 atom stereocenters. The lowest BCUT2D eigenvalue weighted by atomic mass is 9.87. The number of rotatable bonds is 9. The first kappa shape index (κ1) is 27.9. The highest BCUT2D eigenvalue weighted by molar-refractivity contribution is 5.87. The first-order chi connectivity index (χ1) is 17.3. The van der Waals surface area contributed by atoms with Crippen molar-refractivity contribution in [2.45, 2.75) is 38.3 Å². The fourth-order valence-corrected chi connectivity index (χ4v) is 4.35. The van der Waals surface area contributed by atoms with E-state index >= 15 is 0 Å². The third kappa shape index (κ3) is 6.55. The number of ether oxygens (including phenoxy) is 1. The standard InChI is InChI=1S/C31H30N2O3.ClH/c1-31(2,33)30(35)28-17-21(15-25-9-3-4-11-27(25)28)8-6-14-36-29-13-12-24(18-26(29)19-32)23-10-5-7-22(16-23)20-34;/h3-5,7,9-13,15-18,20,30,35H,6,8,14,33H2,1-2H3;1H/t30-;/m1./s1. The smallest absolute Gasteiger partial charge is 0.150 e. The Hall–Kier alpha value is -3.69. The maximum Gasteiger partial charge on any atom is 0.150 e. The predicted molar refractivity (Wildman–Crippen MR) is 150 cm³/mol. The van der Waals surface area contributed by atoms with Gasteiger partial charge in [-0.25, -0.2) is 0 Å². The zero-order chi connectivity index (χ0) is 25.7. The topological polar surface area (TPSA) is 96.3 Å². The van der Waals surface area contributed by atoms with E-state index in [0.29, 0.717) is 23.5 Å². The second-order valence-corrected chi connectivity index (χ2v) is 9.65. The normalized spacial score (nSPS) is 11.9. The summed E-state index contributed by atoms with van der Waals surface area (Å²) in [7, 11) is 0. The number of hydrogen-bond donors (Lipinski definition) is 2. The maximum atomic E-state index is 11.1. The van der Waals surface area contributed by atoms with Gasteiger partial charge in [0.05, 0.1) is 18.3 Å². The number of carbonyl (C=O) groups excluding carboxylic acids is 1. The maximum absolute atomic E-state index is 11.1. The number of nitrogens with zero attached hydrogens (tertiary/aromatic N) is 1. The van der Waals surface area contributed by atoms with Crippen molar-refractivity contribution in [3.8, 4) is 22.9 Å². The number of carbonyl (C=O) groups is 1. The molecular weight excluding hydrogens is 484 g/mol. The minimum atomic E-state index is -0.789. The van der Waals surface area contributed by atoms with Crippen molar-refractivity contribution < 1.29 is 14.6 Å². The molecule has 4 aromatic rings. The van der Waals surface area contributed by atoms with E-state index in [1.165, 1.54) is 0 Å². The van der Waals surface area contributed by atoms with Crippen LogP contribution < -0.4 is 10.5 Å². The highest BCUT2D eigenvalue weighted by Crippen LogP contribution is 2.32. The number of benzene rings is 4. The van der Waals surface area contributed by atoms with Gasteiger partial charge < -0.3 is 15.6 Å². The van der Waals surface area contributed by atoms with Crippen LogP contribution in [0.5, 0.6) is 5.75 Å². The lowest BCUT2D eigenvalue weighted by molar-refractivity contribution is 0.106. The predicted octanol–water partition coefficient (Wildman–Crippen LogP) is 6.40. The van der Waals surface area contributed by atoms with Gasteiger partial charge in [0, 0.05) is 11.1 Å². The molecule has 0 amide bonds. The van der Waals surface area contributed by atoms with E-state index in [0.717, 1.165) is 52.2 Å². The van der Waals surface area contributed by atoms with E-state index in [1.807, 2.05) is 62.4 Å². The molecule has 4 rings (SSSR count). The van der Waals surface area contributed by atoms with Crippen molar-refractivity contribution in [1.82, 2.24) is 0 Å². The number of aldehydes is 1. The van der Waals surface area contributed by atoms with Crippen LogP contribution in [-0.2, 0) is 6.42 Å². The Morgan fingerprint density at radius 3 is 2.51 bits per heavy atom. The molecule has 0 saturated heterocycles. The molecular formula is C31H31ClN2O3. The summed E-state index contributed by atoms with van der Waals surface area (Å²) in [5.41, 5.74) is 10.1. The fraction of sp³-hybridized carbons (Fsp3) is 0.226. The first-order valence-electron chi connectivity index (χ1n) is 12.0. The number of nitrogens with two attached hydrogens (primary N) is 1. The van der Waals surface area contributed by atoms with Crippen molar-refractivity contribution in [2.24, 2.45) is 5.73 Å². The van der Waals surface area contributed by atoms with Gasteiger partial charge in [0.2, 0.25) is 0 Å². The Morgan fingerprint density at radius 1 is 1.03 bits per heavy atom. The average Bonchev–Trinajstić information content (AvgIpc) is 2.89. The summed E-state index contributed by atoms with van der Waals surface area (Å²) < 4.78 is 5.96. The minimum Gasteiger partial charge on any atom is -0.492 e. The number of halogens is 1. The summed E-state index contributed by atoms with van der Waals surface area (Å²) in [5.74, 6) is 0.535. The van der Waals surface area contributed by atoms with Crippen LogP contribution in [0.3, 0.4) is 0 Å². The number of aliphatic hydroxyl groups excluding tert-OH is 1. The third-order valence-electron chi connectivity index (χ3n) is 6.28. The van der Waals surface area contributed by atoms with Crippen LogP contribution in [0, 0.1) is 11.3 Å². The van der Waals surface area contributed by atoms with Crippen LogP contribution in [0.1, 0.15) is 53.4 Å². The van der Waals surface area contributed by atoms with Crippen molar-refractivity contribution in [2.75, 3.05) is 6.61 Å². The van der Waals surface area contributed by atoms with Crippen LogP contribution in [0.4, 0.5) is 0 Å². The molecule has 0 aliphatic heterocycles. The Labute approximate surface area is 223 Å². The Morgan fingerprint density at radius 2 is 1.78 bits per heavy atom. The number of hydrogen-bond acceptors (Lipinski definition) is 5.